The lowest BCUT2D eigenvalue weighted by molar-refractivity contribution is 0.230. The Kier molecular flexibility index (Phi) is 6.71. The molecule has 0 bridgehead atoms. The summed E-state index contributed by atoms with van der Waals surface area (Å²) in [6.07, 6.45) is 6.52. The quantitative estimate of drug-likeness (QED) is 0.699. The van der Waals surface area contributed by atoms with E-state index in [2.05, 4.69) is 19.1 Å². The van der Waals surface area contributed by atoms with Crippen LogP contribution in [0.2, 0.25) is 0 Å². The van der Waals surface area contributed by atoms with Crippen molar-refractivity contribution in [3.63, 3.8) is 0 Å². The Hall–Kier alpha value is -1.02. The van der Waals surface area contributed by atoms with Crippen molar-refractivity contribution in [3.05, 3.63) is 29.8 Å². The van der Waals surface area contributed by atoms with E-state index >= 15 is 0 Å². The highest BCUT2D eigenvalue weighted by atomic mass is 16.5. The summed E-state index contributed by atoms with van der Waals surface area (Å²) in [4.78, 5) is 0. The minimum absolute atomic E-state index is 0.0883. The van der Waals surface area contributed by atoms with Crippen LogP contribution in [-0.2, 0) is 6.42 Å². The zero-order valence-corrected chi connectivity index (χ0v) is 11.1. The van der Waals surface area contributed by atoms with E-state index in [9.17, 15) is 0 Å². The van der Waals surface area contributed by atoms with Crippen LogP contribution in [0.25, 0.3) is 0 Å². The van der Waals surface area contributed by atoms with Crippen LogP contribution >= 0.6 is 0 Å². The molecule has 0 saturated carbocycles. The number of aryl methyl sites for hydroxylation is 1. The minimum Gasteiger partial charge on any atom is -0.489 e. The predicted molar refractivity (Wildman–Crippen MR) is 73.4 cm³/mol. The van der Waals surface area contributed by atoms with Crippen LogP contribution in [-0.4, -0.2) is 12.6 Å². The molecule has 0 radical (unpaired) electrons. The van der Waals surface area contributed by atoms with E-state index in [0.717, 1.165) is 5.75 Å². The lowest BCUT2D eigenvalue weighted by Crippen LogP contribution is -2.22. The summed E-state index contributed by atoms with van der Waals surface area (Å²) in [6.45, 7) is 4.78. The maximum absolute atomic E-state index is 5.64. The highest BCUT2D eigenvalue weighted by Crippen LogP contribution is 2.15. The van der Waals surface area contributed by atoms with Crippen molar-refractivity contribution in [2.24, 2.45) is 5.73 Å². The van der Waals surface area contributed by atoms with E-state index in [1.54, 1.807) is 0 Å². The summed E-state index contributed by atoms with van der Waals surface area (Å²) < 4.78 is 5.64. The topological polar surface area (TPSA) is 35.2 Å². The third-order valence-corrected chi connectivity index (χ3v) is 2.91. The zero-order chi connectivity index (χ0) is 12.5. The van der Waals surface area contributed by atoms with Crippen LogP contribution in [0.5, 0.6) is 5.75 Å². The molecule has 1 atom stereocenters. The normalized spacial score (nSPS) is 12.4. The second-order valence-electron chi connectivity index (χ2n) is 4.62. The molecule has 96 valence electrons. The molecule has 0 aromatic heterocycles. The molecule has 0 fully saturated rings. The third-order valence-electron chi connectivity index (χ3n) is 2.91. The van der Waals surface area contributed by atoms with Gasteiger partial charge in [-0.3, -0.25) is 0 Å². The highest BCUT2D eigenvalue weighted by molar-refractivity contribution is 5.27. The smallest absolute Gasteiger partial charge is 0.119 e. The van der Waals surface area contributed by atoms with Gasteiger partial charge in [0.1, 0.15) is 11.9 Å². The Labute approximate surface area is 105 Å². The molecule has 17 heavy (non-hydrogen) atoms. The molecule has 2 nitrogen and oxygen atoms in total. The largest absolute Gasteiger partial charge is 0.489 e. The van der Waals surface area contributed by atoms with E-state index in [1.165, 1.54) is 37.7 Å². The fourth-order valence-corrected chi connectivity index (χ4v) is 1.77. The fraction of sp³-hybridized carbons (Fsp3) is 0.600. The molecule has 1 aromatic carbocycles. The Morgan fingerprint density at radius 3 is 2.41 bits per heavy atom. The van der Waals surface area contributed by atoms with Crippen molar-refractivity contribution in [1.29, 1.82) is 0 Å². The third kappa shape index (κ3) is 5.73. The van der Waals surface area contributed by atoms with Gasteiger partial charge in [0.05, 0.1) is 0 Å². The van der Waals surface area contributed by atoms with E-state index in [4.69, 9.17) is 10.5 Å². The van der Waals surface area contributed by atoms with Crippen molar-refractivity contribution in [2.45, 2.75) is 52.1 Å². The SMILES string of the molecule is CCCCCCc1ccc(OC(C)CN)cc1. The van der Waals surface area contributed by atoms with E-state index in [-0.39, 0.29) is 6.10 Å². The average Bonchev–Trinajstić information content (AvgIpc) is 2.36. The van der Waals surface area contributed by atoms with Crippen molar-refractivity contribution >= 4 is 0 Å². The molecule has 1 aromatic rings. The second kappa shape index (κ2) is 8.13. The molecule has 1 unspecified atom stereocenters. The van der Waals surface area contributed by atoms with Crippen LogP contribution in [0.4, 0.5) is 0 Å². The van der Waals surface area contributed by atoms with Gasteiger partial charge in [-0.25, -0.2) is 0 Å². The fourth-order valence-electron chi connectivity index (χ4n) is 1.77. The summed E-state index contributed by atoms with van der Waals surface area (Å²) in [5.74, 6) is 0.917. The van der Waals surface area contributed by atoms with Gasteiger partial charge in [-0.1, -0.05) is 38.3 Å². The van der Waals surface area contributed by atoms with Crippen LogP contribution in [0.3, 0.4) is 0 Å². The monoisotopic (exact) mass is 235 g/mol. The molecule has 0 heterocycles. The summed E-state index contributed by atoms with van der Waals surface area (Å²) in [6, 6.07) is 8.40. The van der Waals surface area contributed by atoms with Gasteiger partial charge in [0.25, 0.3) is 0 Å². The first-order valence-corrected chi connectivity index (χ1v) is 6.72. The van der Waals surface area contributed by atoms with Gasteiger partial charge < -0.3 is 10.5 Å². The molecule has 0 aliphatic heterocycles. The van der Waals surface area contributed by atoms with Gasteiger partial charge >= 0.3 is 0 Å². The Balaban J connectivity index is 2.34. The van der Waals surface area contributed by atoms with Gasteiger partial charge in [-0.05, 0) is 37.5 Å². The van der Waals surface area contributed by atoms with E-state index in [1.807, 2.05) is 19.1 Å². The first kappa shape index (κ1) is 14.0. The molecular formula is C15H25NO. The number of hydrogen-bond donors (Lipinski definition) is 1. The van der Waals surface area contributed by atoms with Gasteiger partial charge in [0.2, 0.25) is 0 Å². The van der Waals surface area contributed by atoms with Crippen molar-refractivity contribution in [1.82, 2.24) is 0 Å². The van der Waals surface area contributed by atoms with Crippen molar-refractivity contribution in [3.8, 4) is 5.75 Å². The number of unbranched alkanes of at least 4 members (excludes halogenated alkanes) is 3. The molecule has 1 rings (SSSR count). The second-order valence-corrected chi connectivity index (χ2v) is 4.62. The first-order chi connectivity index (χ1) is 8.26. The van der Waals surface area contributed by atoms with Crippen LogP contribution in [0.1, 0.15) is 45.1 Å². The van der Waals surface area contributed by atoms with E-state index < -0.39 is 0 Å². The van der Waals surface area contributed by atoms with Gasteiger partial charge in [0.15, 0.2) is 0 Å². The number of ether oxygens (including phenoxy) is 1. The van der Waals surface area contributed by atoms with Crippen molar-refractivity contribution in [2.75, 3.05) is 6.54 Å². The Morgan fingerprint density at radius 1 is 1.12 bits per heavy atom. The lowest BCUT2D eigenvalue weighted by Gasteiger charge is -2.12. The molecule has 0 amide bonds. The number of benzene rings is 1. The van der Waals surface area contributed by atoms with Gasteiger partial charge in [-0.15, -0.1) is 0 Å². The van der Waals surface area contributed by atoms with Crippen molar-refractivity contribution < 1.29 is 4.74 Å². The number of nitrogens with two attached hydrogens (primary N) is 1. The molecule has 2 N–H and O–H groups in total. The first-order valence-electron chi connectivity index (χ1n) is 6.72. The molecule has 0 aliphatic rings. The van der Waals surface area contributed by atoms with Crippen LogP contribution in [0.15, 0.2) is 24.3 Å². The highest BCUT2D eigenvalue weighted by Gasteiger charge is 2.01. The summed E-state index contributed by atoms with van der Waals surface area (Å²) in [7, 11) is 0. The number of rotatable bonds is 8. The molecular weight excluding hydrogens is 210 g/mol. The maximum atomic E-state index is 5.64. The molecule has 0 spiro atoms. The van der Waals surface area contributed by atoms with Crippen LogP contribution < -0.4 is 10.5 Å². The molecule has 2 heteroatoms. The standard InChI is InChI=1S/C15H25NO/c1-3-4-5-6-7-14-8-10-15(11-9-14)17-13(2)12-16/h8-11,13H,3-7,12,16H2,1-2H3. The zero-order valence-electron chi connectivity index (χ0n) is 11.1. The van der Waals surface area contributed by atoms with Gasteiger partial charge in [-0.2, -0.15) is 0 Å². The Bertz CT molecular complexity index is 294. The average molecular weight is 235 g/mol. The summed E-state index contributed by atoms with van der Waals surface area (Å²) in [5.41, 5.74) is 6.92. The van der Waals surface area contributed by atoms with E-state index in [0.29, 0.717) is 6.54 Å². The predicted octanol–water partition coefficient (Wildman–Crippen LogP) is 3.54. The molecule has 0 aliphatic carbocycles. The Morgan fingerprint density at radius 2 is 1.82 bits per heavy atom. The minimum atomic E-state index is 0.0883. The lowest BCUT2D eigenvalue weighted by atomic mass is 10.1. The van der Waals surface area contributed by atoms with Crippen LogP contribution in [0, 0.1) is 0 Å². The number of hydrogen-bond acceptors (Lipinski definition) is 2. The van der Waals surface area contributed by atoms with Gasteiger partial charge in [0, 0.05) is 6.54 Å². The summed E-state index contributed by atoms with van der Waals surface area (Å²) >= 11 is 0. The maximum Gasteiger partial charge on any atom is 0.119 e. The summed E-state index contributed by atoms with van der Waals surface area (Å²) in [5, 5.41) is 0. The molecule has 0 saturated heterocycles.